The van der Waals surface area contributed by atoms with E-state index in [9.17, 15) is 9.59 Å². The first-order valence-corrected chi connectivity index (χ1v) is 7.70. The number of anilines is 1. The minimum absolute atomic E-state index is 0.345. The Morgan fingerprint density at radius 1 is 1.08 bits per heavy atom. The van der Waals surface area contributed by atoms with Gasteiger partial charge in [0.25, 0.3) is 5.91 Å². The topological polar surface area (TPSA) is 64.6 Å². The van der Waals surface area contributed by atoms with Crippen molar-refractivity contribution >= 4 is 17.6 Å². The summed E-state index contributed by atoms with van der Waals surface area (Å²) in [6, 6.07) is 14.1. The summed E-state index contributed by atoms with van der Waals surface area (Å²) in [6.07, 6.45) is 0. The second-order valence-corrected chi connectivity index (χ2v) is 5.63. The largest absolute Gasteiger partial charge is 0.497 e. The van der Waals surface area contributed by atoms with Crippen LogP contribution in [0.25, 0.3) is 0 Å². The van der Waals surface area contributed by atoms with Gasteiger partial charge in [-0.3, -0.25) is 4.79 Å². The lowest BCUT2D eigenvalue weighted by Crippen LogP contribution is -2.20. The van der Waals surface area contributed by atoms with Gasteiger partial charge in [0.05, 0.1) is 12.7 Å². The standard InChI is InChI=1S/C19H21NO4/c1-13(2)14-7-9-15(10-8-14)19(22)24-12-18(21)20-16-5-4-6-17(11-16)23-3/h4-11,13H,12H2,1-3H3,(H,20,21). The molecule has 1 N–H and O–H groups in total. The summed E-state index contributed by atoms with van der Waals surface area (Å²) in [5.74, 6) is 0.0975. The number of hydrogen-bond acceptors (Lipinski definition) is 4. The third kappa shape index (κ3) is 4.84. The van der Waals surface area contributed by atoms with Crippen molar-refractivity contribution in [2.45, 2.75) is 19.8 Å². The fraction of sp³-hybridized carbons (Fsp3) is 0.263. The van der Waals surface area contributed by atoms with Crippen LogP contribution in [0.2, 0.25) is 0 Å². The highest BCUT2D eigenvalue weighted by molar-refractivity contribution is 5.95. The van der Waals surface area contributed by atoms with Gasteiger partial charge in [0, 0.05) is 11.8 Å². The molecular formula is C19H21NO4. The van der Waals surface area contributed by atoms with Crippen LogP contribution >= 0.6 is 0 Å². The Morgan fingerprint density at radius 2 is 1.79 bits per heavy atom. The lowest BCUT2D eigenvalue weighted by atomic mass is 10.0. The minimum atomic E-state index is -0.522. The van der Waals surface area contributed by atoms with Crippen LogP contribution in [0.4, 0.5) is 5.69 Å². The van der Waals surface area contributed by atoms with Gasteiger partial charge in [-0.05, 0) is 35.7 Å². The van der Waals surface area contributed by atoms with Gasteiger partial charge in [-0.2, -0.15) is 0 Å². The van der Waals surface area contributed by atoms with Gasteiger partial charge in [0.15, 0.2) is 6.61 Å². The van der Waals surface area contributed by atoms with E-state index in [1.807, 2.05) is 12.1 Å². The molecular weight excluding hydrogens is 306 g/mol. The Morgan fingerprint density at radius 3 is 2.42 bits per heavy atom. The van der Waals surface area contributed by atoms with Crippen molar-refractivity contribution in [3.05, 3.63) is 59.7 Å². The molecule has 2 rings (SSSR count). The average Bonchev–Trinajstić information content (AvgIpc) is 2.60. The van der Waals surface area contributed by atoms with Gasteiger partial charge >= 0.3 is 5.97 Å². The van der Waals surface area contributed by atoms with E-state index in [0.717, 1.165) is 5.56 Å². The number of ether oxygens (including phenoxy) is 2. The highest BCUT2D eigenvalue weighted by Crippen LogP contribution is 2.17. The van der Waals surface area contributed by atoms with Crippen molar-refractivity contribution in [2.24, 2.45) is 0 Å². The molecule has 0 radical (unpaired) electrons. The lowest BCUT2D eigenvalue weighted by Gasteiger charge is -2.09. The normalized spacial score (nSPS) is 10.3. The van der Waals surface area contributed by atoms with Gasteiger partial charge in [-0.15, -0.1) is 0 Å². The number of amides is 1. The maximum absolute atomic E-state index is 12.0. The fourth-order valence-electron chi connectivity index (χ4n) is 2.12. The van der Waals surface area contributed by atoms with Gasteiger partial charge in [0.2, 0.25) is 0 Å². The molecule has 126 valence electrons. The predicted molar refractivity (Wildman–Crippen MR) is 92.4 cm³/mol. The van der Waals surface area contributed by atoms with E-state index in [0.29, 0.717) is 22.9 Å². The molecule has 24 heavy (non-hydrogen) atoms. The molecule has 0 atom stereocenters. The smallest absolute Gasteiger partial charge is 0.338 e. The molecule has 0 aliphatic heterocycles. The van der Waals surface area contributed by atoms with Crippen molar-refractivity contribution in [1.82, 2.24) is 0 Å². The Hall–Kier alpha value is -2.82. The van der Waals surface area contributed by atoms with Crippen LogP contribution in [0.15, 0.2) is 48.5 Å². The van der Waals surface area contributed by atoms with Crippen molar-refractivity contribution in [3.8, 4) is 5.75 Å². The molecule has 5 nitrogen and oxygen atoms in total. The van der Waals surface area contributed by atoms with Gasteiger partial charge in [0.1, 0.15) is 5.75 Å². The first-order chi connectivity index (χ1) is 11.5. The number of rotatable bonds is 6. The summed E-state index contributed by atoms with van der Waals surface area (Å²) in [6.45, 7) is 3.81. The summed E-state index contributed by atoms with van der Waals surface area (Å²) < 4.78 is 10.1. The quantitative estimate of drug-likeness (QED) is 0.823. The number of esters is 1. The summed E-state index contributed by atoms with van der Waals surface area (Å²) in [7, 11) is 1.55. The van der Waals surface area contributed by atoms with Crippen LogP contribution in [0.5, 0.6) is 5.75 Å². The molecule has 0 aliphatic rings. The molecule has 0 fully saturated rings. The lowest BCUT2D eigenvalue weighted by molar-refractivity contribution is -0.119. The molecule has 2 aromatic rings. The Kier molecular flexibility index (Phi) is 5.95. The predicted octanol–water partition coefficient (Wildman–Crippen LogP) is 3.61. The van der Waals surface area contributed by atoms with Crippen LogP contribution in [-0.2, 0) is 9.53 Å². The van der Waals surface area contributed by atoms with E-state index < -0.39 is 11.9 Å². The molecule has 0 aliphatic carbocycles. The molecule has 0 unspecified atom stereocenters. The van der Waals surface area contributed by atoms with Gasteiger partial charge in [-0.1, -0.05) is 32.0 Å². The zero-order valence-electron chi connectivity index (χ0n) is 14.0. The SMILES string of the molecule is COc1cccc(NC(=O)COC(=O)c2ccc(C(C)C)cc2)c1. The van der Waals surface area contributed by atoms with Crippen molar-refractivity contribution < 1.29 is 19.1 Å². The van der Waals surface area contributed by atoms with Crippen LogP contribution < -0.4 is 10.1 Å². The van der Waals surface area contributed by atoms with E-state index in [-0.39, 0.29) is 6.61 Å². The van der Waals surface area contributed by atoms with E-state index in [2.05, 4.69) is 19.2 Å². The number of hydrogen-bond donors (Lipinski definition) is 1. The third-order valence-corrected chi connectivity index (χ3v) is 3.50. The zero-order chi connectivity index (χ0) is 17.5. The van der Waals surface area contributed by atoms with Crippen LogP contribution in [0.3, 0.4) is 0 Å². The molecule has 5 heteroatoms. The molecule has 1 amide bonds. The Bertz CT molecular complexity index is 708. The molecule has 0 heterocycles. The maximum atomic E-state index is 12.0. The Labute approximate surface area is 141 Å². The van der Waals surface area contributed by atoms with E-state index >= 15 is 0 Å². The highest BCUT2D eigenvalue weighted by atomic mass is 16.5. The second-order valence-electron chi connectivity index (χ2n) is 5.63. The molecule has 0 saturated carbocycles. The monoisotopic (exact) mass is 327 g/mol. The van der Waals surface area contributed by atoms with Gasteiger partial charge in [-0.25, -0.2) is 4.79 Å². The Balaban J connectivity index is 1.87. The number of carbonyl (C=O) groups is 2. The number of methoxy groups -OCH3 is 1. The summed E-state index contributed by atoms with van der Waals surface area (Å²) in [5, 5.41) is 2.65. The summed E-state index contributed by atoms with van der Waals surface area (Å²) >= 11 is 0. The summed E-state index contributed by atoms with van der Waals surface area (Å²) in [5.41, 5.74) is 2.15. The van der Waals surface area contributed by atoms with Crippen molar-refractivity contribution in [1.29, 1.82) is 0 Å². The van der Waals surface area contributed by atoms with Crippen LogP contribution in [0, 0.1) is 0 Å². The highest BCUT2D eigenvalue weighted by Gasteiger charge is 2.11. The fourth-order valence-corrected chi connectivity index (χ4v) is 2.12. The van der Waals surface area contributed by atoms with Crippen molar-refractivity contribution in [2.75, 3.05) is 19.0 Å². The summed E-state index contributed by atoms with van der Waals surface area (Å²) in [4.78, 5) is 23.8. The van der Waals surface area contributed by atoms with Gasteiger partial charge < -0.3 is 14.8 Å². The van der Waals surface area contributed by atoms with Crippen LogP contribution in [-0.4, -0.2) is 25.6 Å². The zero-order valence-corrected chi connectivity index (χ0v) is 14.0. The first kappa shape index (κ1) is 17.5. The van der Waals surface area contributed by atoms with Crippen molar-refractivity contribution in [3.63, 3.8) is 0 Å². The number of carbonyl (C=O) groups excluding carboxylic acids is 2. The second kappa shape index (κ2) is 8.15. The van der Waals surface area contributed by atoms with E-state index in [1.54, 1.807) is 43.5 Å². The number of benzene rings is 2. The molecule has 0 saturated heterocycles. The molecule has 0 bridgehead atoms. The van der Waals surface area contributed by atoms with E-state index in [4.69, 9.17) is 9.47 Å². The maximum Gasteiger partial charge on any atom is 0.338 e. The number of nitrogens with one attached hydrogen (secondary N) is 1. The van der Waals surface area contributed by atoms with Crippen LogP contribution in [0.1, 0.15) is 35.7 Å². The molecule has 2 aromatic carbocycles. The average molecular weight is 327 g/mol. The first-order valence-electron chi connectivity index (χ1n) is 7.70. The third-order valence-electron chi connectivity index (χ3n) is 3.50. The molecule has 0 aromatic heterocycles. The minimum Gasteiger partial charge on any atom is -0.497 e. The molecule has 0 spiro atoms. The van der Waals surface area contributed by atoms with E-state index in [1.165, 1.54) is 0 Å².